The molecular weight excluding hydrogens is 176 g/mol. The molecule has 0 aliphatic rings. The molecule has 0 fully saturated rings. The monoisotopic (exact) mass is 196 g/mol. The topological polar surface area (TPSA) is 37.3 Å². The number of hydrogen-bond acceptors (Lipinski definition) is 1. The zero-order valence-electron chi connectivity index (χ0n) is 9.34. The Morgan fingerprint density at radius 2 is 2.00 bits per heavy atom. The number of hydrogen-bond donors (Lipinski definition) is 1. The Morgan fingerprint density at radius 3 is 2.36 bits per heavy atom. The predicted molar refractivity (Wildman–Crippen MR) is 59.2 cm³/mol. The lowest BCUT2D eigenvalue weighted by atomic mass is 9.92. The first-order valence-corrected chi connectivity index (χ1v) is 4.94. The van der Waals surface area contributed by atoms with Gasteiger partial charge in [-0.2, -0.15) is 0 Å². The van der Waals surface area contributed by atoms with E-state index in [-0.39, 0.29) is 6.42 Å². The molecule has 0 amide bonds. The first kappa shape index (κ1) is 12.9. The van der Waals surface area contributed by atoms with Gasteiger partial charge in [-0.25, -0.2) is 0 Å². The van der Waals surface area contributed by atoms with E-state index in [1.54, 1.807) is 0 Å². The molecule has 0 aliphatic carbocycles. The van der Waals surface area contributed by atoms with Gasteiger partial charge in [-0.05, 0) is 39.5 Å². The van der Waals surface area contributed by atoms with Crippen molar-refractivity contribution < 1.29 is 9.90 Å². The fraction of sp³-hybridized carbons (Fsp3) is 0.583. The molecule has 80 valence electrons. The van der Waals surface area contributed by atoms with Gasteiger partial charge in [0.1, 0.15) is 0 Å². The summed E-state index contributed by atoms with van der Waals surface area (Å²) in [6.45, 7) is 9.95. The third-order valence-electron chi connectivity index (χ3n) is 2.21. The zero-order chi connectivity index (χ0) is 11.1. The Bertz CT molecular complexity index is 235. The van der Waals surface area contributed by atoms with E-state index in [9.17, 15) is 4.79 Å². The van der Waals surface area contributed by atoms with Crippen molar-refractivity contribution in [1.82, 2.24) is 0 Å². The van der Waals surface area contributed by atoms with Crippen LogP contribution in [0, 0.1) is 5.92 Å². The number of aliphatic carboxylic acids is 1. The van der Waals surface area contributed by atoms with E-state index in [0.29, 0.717) is 12.3 Å². The smallest absolute Gasteiger partial charge is 0.303 e. The lowest BCUT2D eigenvalue weighted by molar-refractivity contribution is -0.137. The summed E-state index contributed by atoms with van der Waals surface area (Å²) in [6.07, 6.45) is 3.97. The Morgan fingerprint density at radius 1 is 1.43 bits per heavy atom. The summed E-state index contributed by atoms with van der Waals surface area (Å²) >= 11 is 0. The molecule has 0 bridgehead atoms. The largest absolute Gasteiger partial charge is 0.481 e. The lowest BCUT2D eigenvalue weighted by Gasteiger charge is -2.13. The Labute approximate surface area is 86.3 Å². The van der Waals surface area contributed by atoms with Gasteiger partial charge in [-0.15, -0.1) is 0 Å². The molecule has 0 heterocycles. The highest BCUT2D eigenvalue weighted by Gasteiger charge is 2.09. The number of carboxylic acids is 1. The molecule has 2 nitrogen and oxygen atoms in total. The second-order valence-electron chi connectivity index (χ2n) is 3.99. The van der Waals surface area contributed by atoms with Gasteiger partial charge in [0.15, 0.2) is 0 Å². The van der Waals surface area contributed by atoms with Crippen molar-refractivity contribution in [2.45, 2.75) is 40.0 Å². The highest BCUT2D eigenvalue weighted by atomic mass is 16.4. The van der Waals surface area contributed by atoms with Crippen LogP contribution in [0.2, 0.25) is 0 Å². The van der Waals surface area contributed by atoms with Crippen LogP contribution in [-0.4, -0.2) is 11.1 Å². The maximum absolute atomic E-state index is 10.4. The van der Waals surface area contributed by atoms with Crippen molar-refractivity contribution >= 4 is 5.97 Å². The van der Waals surface area contributed by atoms with Crippen molar-refractivity contribution in [2.24, 2.45) is 5.92 Å². The summed E-state index contributed by atoms with van der Waals surface area (Å²) in [7, 11) is 0. The van der Waals surface area contributed by atoms with Crippen LogP contribution >= 0.6 is 0 Å². The minimum Gasteiger partial charge on any atom is -0.481 e. The Hall–Kier alpha value is -1.05. The molecular formula is C12H20O2. The van der Waals surface area contributed by atoms with Crippen LogP contribution in [0.25, 0.3) is 0 Å². The third kappa shape index (κ3) is 6.46. The molecule has 0 aromatic heterocycles. The first-order chi connectivity index (χ1) is 6.43. The van der Waals surface area contributed by atoms with Crippen LogP contribution in [0.1, 0.15) is 40.0 Å². The average Bonchev–Trinajstić information content (AvgIpc) is 2.02. The van der Waals surface area contributed by atoms with E-state index in [2.05, 4.69) is 12.7 Å². The second kappa shape index (κ2) is 6.41. The standard InChI is InChI=1S/C12H20O2/c1-9(2)5-6-11(10(3)4)7-8-12(13)14/h5,11H,3,6-8H2,1-2,4H3,(H,13,14). The first-order valence-electron chi connectivity index (χ1n) is 4.94. The van der Waals surface area contributed by atoms with Gasteiger partial charge in [-0.3, -0.25) is 4.79 Å². The molecule has 0 aliphatic heterocycles. The summed E-state index contributed by atoms with van der Waals surface area (Å²) in [5, 5.41) is 8.58. The second-order valence-corrected chi connectivity index (χ2v) is 3.99. The van der Waals surface area contributed by atoms with Crippen LogP contribution in [0.15, 0.2) is 23.8 Å². The molecule has 1 unspecified atom stereocenters. The Balaban J connectivity index is 4.10. The molecule has 0 rings (SSSR count). The molecule has 1 N–H and O–H groups in total. The molecule has 14 heavy (non-hydrogen) atoms. The van der Waals surface area contributed by atoms with Crippen molar-refractivity contribution in [2.75, 3.05) is 0 Å². The van der Waals surface area contributed by atoms with E-state index >= 15 is 0 Å². The van der Waals surface area contributed by atoms with E-state index in [1.807, 2.05) is 20.8 Å². The predicted octanol–water partition coefficient (Wildman–Crippen LogP) is 3.40. The van der Waals surface area contributed by atoms with Crippen LogP contribution in [0.3, 0.4) is 0 Å². The van der Waals surface area contributed by atoms with Crippen LogP contribution in [0.5, 0.6) is 0 Å². The summed E-state index contributed by atoms with van der Waals surface area (Å²) in [5.74, 6) is -0.422. The van der Waals surface area contributed by atoms with Crippen LogP contribution in [-0.2, 0) is 4.79 Å². The molecule has 0 saturated heterocycles. The van der Waals surface area contributed by atoms with Gasteiger partial charge in [0.05, 0.1) is 0 Å². The highest BCUT2D eigenvalue weighted by Crippen LogP contribution is 2.20. The summed E-state index contributed by atoms with van der Waals surface area (Å²) in [4.78, 5) is 10.4. The molecule has 0 spiro atoms. The maximum atomic E-state index is 10.4. The van der Waals surface area contributed by atoms with E-state index in [4.69, 9.17) is 5.11 Å². The van der Waals surface area contributed by atoms with Gasteiger partial charge < -0.3 is 5.11 Å². The van der Waals surface area contributed by atoms with Gasteiger partial charge in [-0.1, -0.05) is 23.8 Å². The molecule has 0 radical (unpaired) electrons. The minimum absolute atomic E-state index is 0.230. The fourth-order valence-electron chi connectivity index (χ4n) is 1.24. The summed E-state index contributed by atoms with van der Waals surface area (Å²) < 4.78 is 0. The number of allylic oxidation sites excluding steroid dienone is 3. The van der Waals surface area contributed by atoms with Crippen molar-refractivity contribution in [3.63, 3.8) is 0 Å². The Kier molecular flexibility index (Phi) is 5.93. The van der Waals surface area contributed by atoms with Gasteiger partial charge in [0.2, 0.25) is 0 Å². The van der Waals surface area contributed by atoms with Crippen LogP contribution in [0.4, 0.5) is 0 Å². The van der Waals surface area contributed by atoms with Crippen molar-refractivity contribution in [3.05, 3.63) is 23.8 Å². The number of rotatable bonds is 6. The molecule has 1 atom stereocenters. The average molecular weight is 196 g/mol. The summed E-state index contributed by atoms with van der Waals surface area (Å²) in [6, 6.07) is 0. The van der Waals surface area contributed by atoms with E-state index < -0.39 is 5.97 Å². The number of carbonyl (C=O) groups is 1. The molecule has 0 aromatic rings. The number of carboxylic acid groups (broad SMARTS) is 1. The SMILES string of the molecule is C=C(C)C(CC=C(C)C)CCC(=O)O. The van der Waals surface area contributed by atoms with Gasteiger partial charge in [0, 0.05) is 6.42 Å². The minimum atomic E-state index is -0.728. The summed E-state index contributed by atoms with van der Waals surface area (Å²) in [5.41, 5.74) is 2.34. The van der Waals surface area contributed by atoms with E-state index in [0.717, 1.165) is 12.0 Å². The quantitative estimate of drug-likeness (QED) is 0.661. The van der Waals surface area contributed by atoms with E-state index in [1.165, 1.54) is 5.57 Å². The third-order valence-corrected chi connectivity index (χ3v) is 2.21. The fourth-order valence-corrected chi connectivity index (χ4v) is 1.24. The van der Waals surface area contributed by atoms with Crippen molar-refractivity contribution in [1.29, 1.82) is 0 Å². The van der Waals surface area contributed by atoms with Gasteiger partial charge in [0.25, 0.3) is 0 Å². The normalized spacial score (nSPS) is 11.9. The molecule has 0 aromatic carbocycles. The van der Waals surface area contributed by atoms with Gasteiger partial charge >= 0.3 is 5.97 Å². The lowest BCUT2D eigenvalue weighted by Crippen LogP contribution is -2.04. The zero-order valence-corrected chi connectivity index (χ0v) is 9.34. The maximum Gasteiger partial charge on any atom is 0.303 e. The highest BCUT2D eigenvalue weighted by molar-refractivity contribution is 5.66. The molecule has 0 saturated carbocycles. The van der Waals surface area contributed by atoms with Crippen molar-refractivity contribution in [3.8, 4) is 0 Å². The van der Waals surface area contributed by atoms with Crippen LogP contribution < -0.4 is 0 Å². The molecule has 2 heteroatoms.